The van der Waals surface area contributed by atoms with Crippen molar-refractivity contribution in [1.82, 2.24) is 4.57 Å². The number of benzene rings is 10. The lowest BCUT2D eigenvalue weighted by atomic mass is 9.80. The smallest absolute Gasteiger partial charge is 0.0547 e. The second-order valence-corrected chi connectivity index (χ2v) is 19.9. The van der Waals surface area contributed by atoms with E-state index in [0.717, 1.165) is 22.7 Å². The molecule has 1 fully saturated rings. The third-order valence-corrected chi connectivity index (χ3v) is 15.6. The van der Waals surface area contributed by atoms with E-state index in [1.807, 2.05) is 0 Å². The summed E-state index contributed by atoms with van der Waals surface area (Å²) in [6.45, 7) is 4.73. The summed E-state index contributed by atoms with van der Waals surface area (Å²) in [5.41, 5.74) is 21.2. The largest absolute Gasteiger partial charge is 0.309 e. The Kier molecular flexibility index (Phi) is 9.98. The van der Waals surface area contributed by atoms with Crippen LogP contribution in [0.3, 0.4) is 0 Å². The third kappa shape index (κ3) is 6.84. The Hall–Kier alpha value is -7.94. The van der Waals surface area contributed by atoms with Crippen molar-refractivity contribution in [2.45, 2.75) is 57.3 Å². The van der Waals surface area contributed by atoms with E-state index in [4.69, 9.17) is 0 Å². The average Bonchev–Trinajstić information content (AvgIpc) is 3.86. The molecule has 2 heteroatoms. The molecular weight excluding hydrogens is 833 g/mol. The number of aromatic nitrogens is 1. The molecule has 13 rings (SSSR count). The number of nitrogens with zero attached hydrogens (tertiary/aromatic N) is 2. The summed E-state index contributed by atoms with van der Waals surface area (Å²) in [5, 5.41) is 5.20. The van der Waals surface area contributed by atoms with E-state index in [-0.39, 0.29) is 5.41 Å². The normalized spacial score (nSPS) is 14.3. The Labute approximate surface area is 405 Å². The molecule has 1 aromatic heterocycles. The molecule has 0 saturated heterocycles. The van der Waals surface area contributed by atoms with E-state index in [0.29, 0.717) is 5.92 Å². The average molecular weight is 887 g/mol. The zero-order valence-electron chi connectivity index (χ0n) is 39.4. The highest BCUT2D eigenvalue weighted by atomic mass is 15.1. The molecular formula is C67H54N2. The Morgan fingerprint density at radius 2 is 1.03 bits per heavy atom. The highest BCUT2D eigenvalue weighted by Gasteiger charge is 2.35. The van der Waals surface area contributed by atoms with Gasteiger partial charge in [-0.05, 0) is 134 Å². The maximum atomic E-state index is 2.52. The maximum Gasteiger partial charge on any atom is 0.0547 e. The van der Waals surface area contributed by atoms with Crippen LogP contribution in [0, 0.1) is 0 Å². The van der Waals surface area contributed by atoms with Crippen molar-refractivity contribution < 1.29 is 0 Å². The molecule has 1 heterocycles. The van der Waals surface area contributed by atoms with Gasteiger partial charge in [0.1, 0.15) is 0 Å². The Bertz CT molecular complexity index is 3730. The van der Waals surface area contributed by atoms with Crippen LogP contribution >= 0.6 is 0 Å². The second-order valence-electron chi connectivity index (χ2n) is 19.9. The van der Waals surface area contributed by atoms with Crippen LogP contribution in [0.15, 0.2) is 224 Å². The van der Waals surface area contributed by atoms with Crippen LogP contribution in [0.25, 0.3) is 82.8 Å². The topological polar surface area (TPSA) is 8.17 Å². The summed E-state index contributed by atoms with van der Waals surface area (Å²) in [6, 6.07) is 84.0. The minimum atomic E-state index is -0.0664. The molecule has 0 N–H and O–H groups in total. The minimum Gasteiger partial charge on any atom is -0.309 e. The highest BCUT2D eigenvalue weighted by molar-refractivity contribution is 6.11. The predicted molar refractivity (Wildman–Crippen MR) is 293 cm³/mol. The van der Waals surface area contributed by atoms with Gasteiger partial charge in [0.15, 0.2) is 0 Å². The molecule has 1 saturated carbocycles. The van der Waals surface area contributed by atoms with Gasteiger partial charge in [-0.15, -0.1) is 0 Å². The van der Waals surface area contributed by atoms with Gasteiger partial charge in [0.05, 0.1) is 22.4 Å². The fourth-order valence-electron chi connectivity index (χ4n) is 12.2. The Balaban J connectivity index is 1.00. The molecule has 2 aliphatic rings. The lowest BCUT2D eigenvalue weighted by Crippen LogP contribution is -2.14. The van der Waals surface area contributed by atoms with E-state index in [9.17, 15) is 0 Å². The Morgan fingerprint density at radius 3 is 1.84 bits per heavy atom. The lowest BCUT2D eigenvalue weighted by Gasteiger charge is -2.31. The molecule has 11 aromatic rings. The van der Waals surface area contributed by atoms with Crippen LogP contribution < -0.4 is 4.90 Å². The summed E-state index contributed by atoms with van der Waals surface area (Å²) in [7, 11) is 0. The number of fused-ring (bicyclic) bond motifs is 7. The van der Waals surface area contributed by atoms with Gasteiger partial charge in [-0.3, -0.25) is 0 Å². The minimum absolute atomic E-state index is 0.0664. The number of para-hydroxylation sites is 4. The Morgan fingerprint density at radius 1 is 0.420 bits per heavy atom. The van der Waals surface area contributed by atoms with Crippen molar-refractivity contribution in [3.8, 4) is 50.2 Å². The summed E-state index contributed by atoms with van der Waals surface area (Å²) >= 11 is 0. The zero-order valence-corrected chi connectivity index (χ0v) is 39.4. The van der Waals surface area contributed by atoms with Gasteiger partial charge < -0.3 is 9.47 Å². The number of rotatable bonds is 8. The molecule has 0 spiro atoms. The van der Waals surface area contributed by atoms with Crippen LogP contribution in [0.5, 0.6) is 0 Å². The summed E-state index contributed by atoms with van der Waals surface area (Å²) < 4.78 is 2.42. The van der Waals surface area contributed by atoms with Crippen molar-refractivity contribution in [2.24, 2.45) is 0 Å². The molecule has 0 radical (unpaired) electrons. The van der Waals surface area contributed by atoms with E-state index in [1.165, 1.54) is 126 Å². The molecule has 0 unspecified atom stereocenters. The molecule has 0 aliphatic heterocycles. The zero-order chi connectivity index (χ0) is 46.1. The molecule has 0 amide bonds. The van der Waals surface area contributed by atoms with E-state index < -0.39 is 0 Å². The lowest BCUT2D eigenvalue weighted by molar-refractivity contribution is 0.445. The fraction of sp³-hybridized carbons (Fsp3) is 0.134. The molecule has 0 bridgehead atoms. The van der Waals surface area contributed by atoms with Crippen molar-refractivity contribution in [3.05, 3.63) is 241 Å². The molecule has 10 aromatic carbocycles. The first-order chi connectivity index (χ1) is 34.0. The predicted octanol–water partition coefficient (Wildman–Crippen LogP) is 18.8. The third-order valence-electron chi connectivity index (χ3n) is 15.6. The van der Waals surface area contributed by atoms with Gasteiger partial charge in [-0.1, -0.05) is 203 Å². The number of hydrogen-bond donors (Lipinski definition) is 0. The van der Waals surface area contributed by atoms with Crippen molar-refractivity contribution in [1.29, 1.82) is 0 Å². The molecule has 2 aliphatic carbocycles. The van der Waals surface area contributed by atoms with Gasteiger partial charge in [-0.25, -0.2) is 0 Å². The summed E-state index contributed by atoms with van der Waals surface area (Å²) in [5.74, 6) is 0.570. The first-order valence-corrected chi connectivity index (χ1v) is 25.0. The molecule has 332 valence electrons. The standard InChI is InChI=1S/C67H54N2/c1-67(2)60-31-13-9-26-54(60)55-41-37-48(43-61(55)67)45-35-39-51(40-36-45)68(64-34-16-12-28-57(64)59-30-18-22-47-21-17-29-53(66(47)59)46-19-5-3-6-20-46)62-32-14-10-25-52(62)49-38-42-58-56-27-11-15-33-63(56)69(65(58)44-49)50-23-7-4-8-24-50/h4,7-18,21-44,46H,3,5-6,19-20H2,1-2H3. The van der Waals surface area contributed by atoms with Gasteiger partial charge in [0, 0.05) is 38.7 Å². The second kappa shape index (κ2) is 16.7. The van der Waals surface area contributed by atoms with E-state index in [1.54, 1.807) is 0 Å². The van der Waals surface area contributed by atoms with Crippen LogP contribution in [-0.2, 0) is 5.41 Å². The van der Waals surface area contributed by atoms with Crippen molar-refractivity contribution >= 4 is 49.6 Å². The van der Waals surface area contributed by atoms with Crippen LogP contribution in [-0.4, -0.2) is 4.57 Å². The van der Waals surface area contributed by atoms with Gasteiger partial charge in [0.25, 0.3) is 0 Å². The molecule has 2 nitrogen and oxygen atoms in total. The summed E-state index contributed by atoms with van der Waals surface area (Å²) in [6.07, 6.45) is 6.45. The fourth-order valence-corrected chi connectivity index (χ4v) is 12.2. The van der Waals surface area contributed by atoms with Gasteiger partial charge in [0.2, 0.25) is 0 Å². The van der Waals surface area contributed by atoms with E-state index in [2.05, 4.69) is 248 Å². The van der Waals surface area contributed by atoms with Crippen LogP contribution in [0.1, 0.15) is 68.6 Å². The number of hydrogen-bond acceptors (Lipinski definition) is 1. The monoisotopic (exact) mass is 886 g/mol. The van der Waals surface area contributed by atoms with Gasteiger partial charge in [-0.2, -0.15) is 0 Å². The van der Waals surface area contributed by atoms with Crippen molar-refractivity contribution in [3.63, 3.8) is 0 Å². The van der Waals surface area contributed by atoms with Crippen LogP contribution in [0.2, 0.25) is 0 Å². The van der Waals surface area contributed by atoms with Crippen LogP contribution in [0.4, 0.5) is 17.1 Å². The highest BCUT2D eigenvalue weighted by Crippen LogP contribution is 2.51. The first kappa shape index (κ1) is 41.3. The first-order valence-electron chi connectivity index (χ1n) is 25.0. The summed E-state index contributed by atoms with van der Waals surface area (Å²) in [4.78, 5) is 2.52. The van der Waals surface area contributed by atoms with Crippen molar-refractivity contribution in [2.75, 3.05) is 4.90 Å². The number of anilines is 3. The quantitative estimate of drug-likeness (QED) is 0.148. The maximum absolute atomic E-state index is 2.52. The molecule has 69 heavy (non-hydrogen) atoms. The van der Waals surface area contributed by atoms with E-state index >= 15 is 0 Å². The SMILES string of the molecule is CC1(C)c2ccccc2-c2ccc(-c3ccc(N(c4ccccc4-c4ccc5c6ccccc6n(-c6ccccc6)c5c4)c4ccccc4-c4cccc5cccc(C6CCCCC6)c45)cc3)cc21. The van der Waals surface area contributed by atoms with Gasteiger partial charge >= 0.3 is 0 Å². The molecule has 0 atom stereocenters.